The first-order chi connectivity index (χ1) is 10.1. The van der Waals surface area contributed by atoms with Crippen molar-refractivity contribution in [2.75, 3.05) is 17.9 Å². The van der Waals surface area contributed by atoms with E-state index in [0.29, 0.717) is 18.0 Å². The number of hydrogen-bond acceptors (Lipinski definition) is 2. The molecule has 3 nitrogen and oxygen atoms in total. The van der Waals surface area contributed by atoms with Crippen molar-refractivity contribution in [1.82, 2.24) is 0 Å². The molecule has 2 aromatic carbocycles. The fourth-order valence-electron chi connectivity index (χ4n) is 1.93. The van der Waals surface area contributed by atoms with E-state index in [1.54, 1.807) is 48.4 Å². The maximum Gasteiger partial charge on any atom is 0.242 e. The number of ether oxygens (including phenoxy) is 1. The summed E-state index contributed by atoms with van der Waals surface area (Å²) in [4.78, 5) is 13.6. The van der Waals surface area contributed by atoms with Gasteiger partial charge in [0.15, 0.2) is 0 Å². The molecule has 1 amide bonds. The van der Waals surface area contributed by atoms with Crippen molar-refractivity contribution < 1.29 is 13.9 Å². The first kappa shape index (κ1) is 15.3. The molecule has 2 rings (SSSR count). The molecule has 0 bridgehead atoms. The second-order valence-corrected chi connectivity index (χ2v) is 4.71. The third kappa shape index (κ3) is 3.95. The third-order valence-corrected chi connectivity index (χ3v) is 3.28. The predicted molar refractivity (Wildman–Crippen MR) is 81.3 cm³/mol. The summed E-state index contributed by atoms with van der Waals surface area (Å²) in [7, 11) is 1.58. The fraction of sp³-hybridized carbons (Fsp3) is 0.188. The molecule has 0 saturated carbocycles. The van der Waals surface area contributed by atoms with E-state index in [0.717, 1.165) is 5.56 Å². The molecule has 0 aliphatic rings. The van der Waals surface area contributed by atoms with Crippen molar-refractivity contribution in [3.63, 3.8) is 0 Å². The Morgan fingerprint density at radius 1 is 1.14 bits per heavy atom. The monoisotopic (exact) mass is 307 g/mol. The van der Waals surface area contributed by atoms with E-state index in [9.17, 15) is 9.18 Å². The summed E-state index contributed by atoms with van der Waals surface area (Å²) in [6.07, 6.45) is 0. The van der Waals surface area contributed by atoms with Crippen LogP contribution in [0.4, 0.5) is 10.1 Å². The Kier molecular flexibility index (Phi) is 5.17. The number of rotatable bonds is 5. The minimum atomic E-state index is -0.307. The lowest BCUT2D eigenvalue weighted by molar-refractivity contribution is -0.116. The van der Waals surface area contributed by atoms with Crippen LogP contribution in [0, 0.1) is 5.82 Å². The van der Waals surface area contributed by atoms with Crippen molar-refractivity contribution in [2.24, 2.45) is 0 Å². The molecule has 2 aromatic rings. The van der Waals surface area contributed by atoms with Crippen LogP contribution >= 0.6 is 11.6 Å². The van der Waals surface area contributed by atoms with E-state index in [1.807, 2.05) is 0 Å². The number of methoxy groups -OCH3 is 1. The van der Waals surface area contributed by atoms with Crippen LogP contribution in [0.3, 0.4) is 0 Å². The molecule has 5 heteroatoms. The zero-order chi connectivity index (χ0) is 15.2. The second-order valence-electron chi connectivity index (χ2n) is 4.44. The first-order valence-electron chi connectivity index (χ1n) is 6.39. The molecule has 0 radical (unpaired) electrons. The average molecular weight is 308 g/mol. The third-order valence-electron chi connectivity index (χ3n) is 3.05. The van der Waals surface area contributed by atoms with Crippen LogP contribution in [-0.2, 0) is 11.3 Å². The van der Waals surface area contributed by atoms with E-state index in [1.165, 1.54) is 12.1 Å². The van der Waals surface area contributed by atoms with Crippen molar-refractivity contribution in [2.45, 2.75) is 6.54 Å². The van der Waals surface area contributed by atoms with Gasteiger partial charge in [-0.1, -0.05) is 12.1 Å². The lowest BCUT2D eigenvalue weighted by Gasteiger charge is -2.22. The molecule has 0 spiro atoms. The van der Waals surface area contributed by atoms with Crippen LogP contribution in [-0.4, -0.2) is 18.9 Å². The second kappa shape index (κ2) is 7.09. The van der Waals surface area contributed by atoms with Crippen LogP contribution in [0.1, 0.15) is 5.56 Å². The Morgan fingerprint density at radius 2 is 1.76 bits per heavy atom. The molecule has 21 heavy (non-hydrogen) atoms. The normalized spacial score (nSPS) is 10.2. The summed E-state index contributed by atoms with van der Waals surface area (Å²) >= 11 is 5.67. The van der Waals surface area contributed by atoms with Gasteiger partial charge in [0.2, 0.25) is 5.91 Å². The number of carbonyl (C=O) groups excluding carboxylic acids is 1. The van der Waals surface area contributed by atoms with Gasteiger partial charge in [0, 0.05) is 5.69 Å². The summed E-state index contributed by atoms with van der Waals surface area (Å²) in [6.45, 7) is 0.332. The van der Waals surface area contributed by atoms with E-state index < -0.39 is 0 Å². The molecular weight excluding hydrogens is 293 g/mol. The molecule has 0 heterocycles. The Morgan fingerprint density at radius 3 is 2.29 bits per heavy atom. The zero-order valence-electron chi connectivity index (χ0n) is 11.6. The van der Waals surface area contributed by atoms with Crippen LogP contribution < -0.4 is 9.64 Å². The van der Waals surface area contributed by atoms with Gasteiger partial charge >= 0.3 is 0 Å². The minimum Gasteiger partial charge on any atom is -0.497 e. The zero-order valence-corrected chi connectivity index (χ0v) is 12.3. The maximum absolute atomic E-state index is 12.9. The molecule has 0 aromatic heterocycles. The number of carbonyl (C=O) groups is 1. The molecule has 0 aliphatic heterocycles. The van der Waals surface area contributed by atoms with E-state index in [2.05, 4.69) is 0 Å². The molecule has 0 aliphatic carbocycles. The van der Waals surface area contributed by atoms with Crippen LogP contribution in [0.5, 0.6) is 5.75 Å². The van der Waals surface area contributed by atoms with Gasteiger partial charge in [-0.15, -0.1) is 11.6 Å². The van der Waals surface area contributed by atoms with Crippen LogP contribution in [0.2, 0.25) is 0 Å². The number of hydrogen-bond donors (Lipinski definition) is 0. The van der Waals surface area contributed by atoms with Gasteiger partial charge in [0.1, 0.15) is 17.4 Å². The standard InChI is InChI=1S/C16H15ClFNO2/c1-21-15-8-6-14(7-9-15)19(16(20)10-17)11-12-2-4-13(18)5-3-12/h2-9H,10-11H2,1H3. The van der Waals surface area contributed by atoms with Crippen molar-refractivity contribution in [3.8, 4) is 5.75 Å². The van der Waals surface area contributed by atoms with Gasteiger partial charge in [0.25, 0.3) is 0 Å². The average Bonchev–Trinajstić information content (AvgIpc) is 2.54. The summed E-state index contributed by atoms with van der Waals surface area (Å²) < 4.78 is 18.0. The molecule has 0 saturated heterocycles. The number of nitrogens with zero attached hydrogens (tertiary/aromatic N) is 1. The van der Waals surface area contributed by atoms with Gasteiger partial charge in [-0.25, -0.2) is 4.39 Å². The molecule has 0 N–H and O–H groups in total. The minimum absolute atomic E-state index is 0.118. The van der Waals surface area contributed by atoms with Gasteiger partial charge in [0.05, 0.1) is 13.7 Å². The highest BCUT2D eigenvalue weighted by atomic mass is 35.5. The highest BCUT2D eigenvalue weighted by molar-refractivity contribution is 6.29. The molecule has 0 atom stereocenters. The van der Waals surface area contributed by atoms with E-state index in [-0.39, 0.29) is 17.6 Å². The number of halogens is 2. The Balaban J connectivity index is 2.25. The summed E-state index contributed by atoms with van der Waals surface area (Å²) in [5.74, 6) is 0.0659. The van der Waals surface area contributed by atoms with E-state index in [4.69, 9.17) is 16.3 Å². The quantitative estimate of drug-likeness (QED) is 0.790. The van der Waals surface area contributed by atoms with Gasteiger partial charge < -0.3 is 9.64 Å². The fourth-order valence-corrected chi connectivity index (χ4v) is 2.07. The smallest absolute Gasteiger partial charge is 0.242 e. The van der Waals surface area contributed by atoms with Gasteiger partial charge in [-0.3, -0.25) is 4.79 Å². The summed E-state index contributed by atoms with van der Waals surface area (Å²) in [6, 6.07) is 13.1. The topological polar surface area (TPSA) is 29.5 Å². The van der Waals surface area contributed by atoms with E-state index >= 15 is 0 Å². The number of benzene rings is 2. The molecule has 0 fully saturated rings. The first-order valence-corrected chi connectivity index (χ1v) is 6.92. The Labute approximate surface area is 127 Å². The SMILES string of the molecule is COc1ccc(N(Cc2ccc(F)cc2)C(=O)CCl)cc1. The Bertz CT molecular complexity index is 599. The maximum atomic E-state index is 12.9. The number of alkyl halides is 1. The lowest BCUT2D eigenvalue weighted by Crippen LogP contribution is -2.31. The lowest BCUT2D eigenvalue weighted by atomic mass is 10.2. The van der Waals surface area contributed by atoms with Crippen molar-refractivity contribution >= 4 is 23.2 Å². The number of anilines is 1. The highest BCUT2D eigenvalue weighted by Crippen LogP contribution is 2.21. The van der Waals surface area contributed by atoms with Gasteiger partial charge in [-0.2, -0.15) is 0 Å². The van der Waals surface area contributed by atoms with Gasteiger partial charge in [-0.05, 0) is 42.0 Å². The van der Waals surface area contributed by atoms with Crippen LogP contribution in [0.25, 0.3) is 0 Å². The largest absolute Gasteiger partial charge is 0.497 e. The summed E-state index contributed by atoms with van der Waals surface area (Å²) in [5.41, 5.74) is 1.54. The molecular formula is C16H15ClFNO2. The van der Waals surface area contributed by atoms with Crippen LogP contribution in [0.15, 0.2) is 48.5 Å². The number of amides is 1. The molecule has 110 valence electrons. The Hall–Kier alpha value is -2.07. The van der Waals surface area contributed by atoms with Crippen molar-refractivity contribution in [3.05, 3.63) is 59.9 Å². The molecule has 0 unspecified atom stereocenters. The predicted octanol–water partition coefficient (Wildman–Crippen LogP) is 3.61. The van der Waals surface area contributed by atoms with Crippen molar-refractivity contribution in [1.29, 1.82) is 0 Å². The highest BCUT2D eigenvalue weighted by Gasteiger charge is 2.15. The summed E-state index contributed by atoms with van der Waals surface area (Å²) in [5, 5.41) is 0.